The smallest absolute Gasteiger partial charge is 0.178 e. The van der Waals surface area contributed by atoms with E-state index < -0.39 is 0 Å². The van der Waals surface area contributed by atoms with E-state index in [0.29, 0.717) is 28.7 Å². The van der Waals surface area contributed by atoms with E-state index in [4.69, 9.17) is 28.3 Å². The van der Waals surface area contributed by atoms with Crippen LogP contribution in [0.15, 0.2) is 18.2 Å². The molecule has 0 aliphatic rings. The van der Waals surface area contributed by atoms with Crippen molar-refractivity contribution in [2.75, 3.05) is 26.2 Å². The zero-order valence-corrected chi connectivity index (χ0v) is 11.1. The van der Waals surface area contributed by atoms with Crippen molar-refractivity contribution in [2.24, 2.45) is 0 Å². The lowest BCUT2D eigenvalue weighted by atomic mass is 10.1. The van der Waals surface area contributed by atoms with Crippen LogP contribution in [-0.4, -0.2) is 42.0 Å². The predicted octanol–water partition coefficient (Wildman–Crippen LogP) is 2.49. The molecule has 5 heteroatoms. The third kappa shape index (κ3) is 4.28. The summed E-state index contributed by atoms with van der Waals surface area (Å²) in [5.74, 6) is -0.0900. The van der Waals surface area contributed by atoms with Crippen molar-refractivity contribution in [3.8, 4) is 0 Å². The Morgan fingerprint density at radius 3 is 2.71 bits per heavy atom. The molecule has 0 amide bonds. The number of rotatable bonds is 6. The molecule has 0 aromatic heterocycles. The zero-order valence-electron chi connectivity index (χ0n) is 9.62. The first kappa shape index (κ1) is 14.5. The van der Waals surface area contributed by atoms with Crippen molar-refractivity contribution in [2.45, 2.75) is 6.92 Å². The van der Waals surface area contributed by atoms with Crippen molar-refractivity contribution in [1.29, 1.82) is 0 Å². The largest absolute Gasteiger partial charge is 0.395 e. The second-order valence-corrected chi connectivity index (χ2v) is 4.48. The van der Waals surface area contributed by atoms with E-state index in [1.165, 1.54) is 0 Å². The molecular formula is C12H15Cl2NO2. The van der Waals surface area contributed by atoms with Gasteiger partial charge in [0.25, 0.3) is 0 Å². The molecule has 0 heterocycles. The Morgan fingerprint density at radius 2 is 2.12 bits per heavy atom. The first-order valence-corrected chi connectivity index (χ1v) is 6.15. The topological polar surface area (TPSA) is 40.5 Å². The summed E-state index contributed by atoms with van der Waals surface area (Å²) >= 11 is 11.8. The lowest BCUT2D eigenvalue weighted by molar-refractivity contribution is 0.0920. The number of likely N-dealkylation sites (N-methyl/N-ethyl adjacent to an activating group) is 1. The average molecular weight is 276 g/mol. The van der Waals surface area contributed by atoms with Gasteiger partial charge in [-0.15, -0.1) is 0 Å². The quantitative estimate of drug-likeness (QED) is 0.811. The normalized spacial score (nSPS) is 10.9. The molecule has 0 saturated heterocycles. The number of halogens is 2. The van der Waals surface area contributed by atoms with E-state index in [1.807, 2.05) is 11.8 Å². The maximum Gasteiger partial charge on any atom is 0.178 e. The van der Waals surface area contributed by atoms with Gasteiger partial charge in [0.2, 0.25) is 0 Å². The van der Waals surface area contributed by atoms with Gasteiger partial charge in [0.15, 0.2) is 5.78 Å². The number of carbonyl (C=O) groups is 1. The minimum absolute atomic E-state index is 0.0321. The summed E-state index contributed by atoms with van der Waals surface area (Å²) < 4.78 is 0. The standard InChI is InChI=1S/C12H15Cl2NO2/c1-2-15(5-6-16)8-12(17)10-7-9(13)3-4-11(10)14/h3-4,7,16H,2,5-6,8H2,1H3. The molecule has 0 fully saturated rings. The minimum Gasteiger partial charge on any atom is -0.395 e. The Bertz CT molecular complexity index is 396. The molecule has 0 aliphatic heterocycles. The van der Waals surface area contributed by atoms with Gasteiger partial charge in [0, 0.05) is 17.1 Å². The van der Waals surface area contributed by atoms with E-state index in [1.54, 1.807) is 18.2 Å². The third-order valence-electron chi connectivity index (χ3n) is 2.46. The maximum atomic E-state index is 12.0. The van der Waals surface area contributed by atoms with Gasteiger partial charge >= 0.3 is 0 Å². The number of Topliss-reactive ketones (excluding diaryl/α,β-unsaturated/α-hetero) is 1. The molecule has 0 spiro atoms. The number of hydrogen-bond donors (Lipinski definition) is 1. The SMILES string of the molecule is CCN(CCO)CC(=O)c1cc(Cl)ccc1Cl. The molecule has 0 bridgehead atoms. The fourth-order valence-corrected chi connectivity index (χ4v) is 1.88. The van der Waals surface area contributed by atoms with E-state index in [9.17, 15) is 4.79 Å². The van der Waals surface area contributed by atoms with Crippen LogP contribution >= 0.6 is 23.2 Å². The van der Waals surface area contributed by atoms with Crippen LogP contribution in [0, 0.1) is 0 Å². The highest BCUT2D eigenvalue weighted by molar-refractivity contribution is 6.36. The molecule has 0 radical (unpaired) electrons. The Kier molecular flexibility index (Phi) is 5.92. The van der Waals surface area contributed by atoms with Crippen LogP contribution < -0.4 is 0 Å². The fourth-order valence-electron chi connectivity index (χ4n) is 1.49. The first-order valence-electron chi connectivity index (χ1n) is 5.40. The van der Waals surface area contributed by atoms with Gasteiger partial charge in [0.1, 0.15) is 0 Å². The van der Waals surface area contributed by atoms with Gasteiger partial charge < -0.3 is 5.11 Å². The summed E-state index contributed by atoms with van der Waals surface area (Å²) in [6.45, 7) is 3.37. The number of aliphatic hydroxyl groups excluding tert-OH is 1. The van der Waals surface area contributed by atoms with Crippen LogP contribution in [0.1, 0.15) is 17.3 Å². The summed E-state index contributed by atoms with van der Waals surface area (Å²) in [5.41, 5.74) is 0.426. The van der Waals surface area contributed by atoms with E-state index in [-0.39, 0.29) is 18.9 Å². The van der Waals surface area contributed by atoms with E-state index in [0.717, 1.165) is 0 Å². The Labute approximate surface area is 111 Å². The molecule has 1 N–H and O–H groups in total. The Morgan fingerprint density at radius 1 is 1.41 bits per heavy atom. The van der Waals surface area contributed by atoms with Crippen LogP contribution in [0.2, 0.25) is 10.0 Å². The van der Waals surface area contributed by atoms with Gasteiger partial charge in [-0.25, -0.2) is 0 Å². The molecule has 17 heavy (non-hydrogen) atoms. The highest BCUT2D eigenvalue weighted by Gasteiger charge is 2.14. The molecule has 1 rings (SSSR count). The predicted molar refractivity (Wildman–Crippen MR) is 70.0 cm³/mol. The molecule has 0 saturated carbocycles. The van der Waals surface area contributed by atoms with Crippen molar-refractivity contribution in [1.82, 2.24) is 4.90 Å². The first-order chi connectivity index (χ1) is 8.08. The maximum absolute atomic E-state index is 12.0. The van der Waals surface area contributed by atoms with Gasteiger partial charge in [-0.05, 0) is 24.7 Å². The lowest BCUT2D eigenvalue weighted by Crippen LogP contribution is -2.32. The van der Waals surface area contributed by atoms with Crippen LogP contribution in [0.4, 0.5) is 0 Å². The van der Waals surface area contributed by atoms with Crippen LogP contribution in [0.25, 0.3) is 0 Å². The summed E-state index contributed by atoms with van der Waals surface area (Å²) in [5, 5.41) is 9.74. The summed E-state index contributed by atoms with van der Waals surface area (Å²) in [6, 6.07) is 4.82. The second-order valence-electron chi connectivity index (χ2n) is 3.64. The number of carbonyl (C=O) groups excluding carboxylic acids is 1. The molecule has 94 valence electrons. The van der Waals surface area contributed by atoms with E-state index >= 15 is 0 Å². The summed E-state index contributed by atoms with van der Waals surface area (Å²) in [6.07, 6.45) is 0. The second kappa shape index (κ2) is 6.97. The summed E-state index contributed by atoms with van der Waals surface area (Å²) in [7, 11) is 0. The monoisotopic (exact) mass is 275 g/mol. The van der Waals surface area contributed by atoms with E-state index in [2.05, 4.69) is 0 Å². The molecule has 3 nitrogen and oxygen atoms in total. The molecule has 0 unspecified atom stereocenters. The van der Waals surface area contributed by atoms with Crippen molar-refractivity contribution in [3.63, 3.8) is 0 Å². The van der Waals surface area contributed by atoms with Gasteiger partial charge in [-0.2, -0.15) is 0 Å². The number of benzene rings is 1. The molecule has 1 aromatic rings. The van der Waals surface area contributed by atoms with Crippen LogP contribution in [-0.2, 0) is 0 Å². The molecule has 0 atom stereocenters. The Balaban J connectivity index is 2.78. The van der Waals surface area contributed by atoms with Crippen molar-refractivity contribution < 1.29 is 9.90 Å². The number of ketones is 1. The van der Waals surface area contributed by atoms with Gasteiger partial charge in [-0.1, -0.05) is 30.1 Å². The molecule has 1 aromatic carbocycles. The van der Waals surface area contributed by atoms with Crippen molar-refractivity contribution in [3.05, 3.63) is 33.8 Å². The highest BCUT2D eigenvalue weighted by atomic mass is 35.5. The average Bonchev–Trinajstić information content (AvgIpc) is 2.31. The minimum atomic E-state index is -0.0900. The number of aliphatic hydroxyl groups is 1. The number of hydrogen-bond acceptors (Lipinski definition) is 3. The van der Waals surface area contributed by atoms with Gasteiger partial charge in [0.05, 0.1) is 18.2 Å². The summed E-state index contributed by atoms with van der Waals surface area (Å²) in [4.78, 5) is 13.8. The molecular weight excluding hydrogens is 261 g/mol. The third-order valence-corrected chi connectivity index (χ3v) is 3.02. The van der Waals surface area contributed by atoms with Crippen LogP contribution in [0.3, 0.4) is 0 Å². The zero-order chi connectivity index (χ0) is 12.8. The van der Waals surface area contributed by atoms with Crippen LogP contribution in [0.5, 0.6) is 0 Å². The molecule has 0 aliphatic carbocycles. The van der Waals surface area contributed by atoms with Gasteiger partial charge in [-0.3, -0.25) is 9.69 Å². The Hall–Kier alpha value is -0.610. The highest BCUT2D eigenvalue weighted by Crippen LogP contribution is 2.21. The fraction of sp³-hybridized carbons (Fsp3) is 0.417. The lowest BCUT2D eigenvalue weighted by Gasteiger charge is -2.18. The number of nitrogens with zero attached hydrogens (tertiary/aromatic N) is 1. The van der Waals surface area contributed by atoms with Crippen molar-refractivity contribution >= 4 is 29.0 Å².